The van der Waals surface area contributed by atoms with E-state index >= 15 is 0 Å². The van der Waals surface area contributed by atoms with Gasteiger partial charge in [0.25, 0.3) is 0 Å². The van der Waals surface area contributed by atoms with Crippen molar-refractivity contribution in [2.45, 2.75) is 39.7 Å². The molecule has 1 aliphatic heterocycles. The van der Waals surface area contributed by atoms with Gasteiger partial charge in [0.1, 0.15) is 0 Å². The third-order valence-electron chi connectivity index (χ3n) is 4.99. The molecule has 2 aromatic heterocycles. The topological polar surface area (TPSA) is 25.4 Å². The lowest BCUT2D eigenvalue weighted by atomic mass is 9.83. The third kappa shape index (κ3) is 4.65. The molecule has 0 N–H and O–H groups in total. The highest BCUT2D eigenvalue weighted by Crippen LogP contribution is 2.36. The Bertz CT molecular complexity index is 611. The van der Waals surface area contributed by atoms with Gasteiger partial charge in [0.2, 0.25) is 0 Å². The smallest absolute Gasteiger partial charge is 0.0535 e. The Morgan fingerprint density at radius 3 is 2.96 bits per heavy atom. The molecule has 1 aliphatic rings. The minimum absolute atomic E-state index is 0.304. The molecule has 0 spiro atoms. The Labute approximate surface area is 149 Å². The number of rotatable bonds is 8. The summed E-state index contributed by atoms with van der Waals surface area (Å²) in [7, 11) is 0. The summed E-state index contributed by atoms with van der Waals surface area (Å²) in [5.41, 5.74) is 2.70. The maximum atomic E-state index is 5.87. The van der Waals surface area contributed by atoms with Gasteiger partial charge in [0.05, 0.1) is 6.61 Å². The summed E-state index contributed by atoms with van der Waals surface area (Å²) in [6.45, 7) is 9.12. The van der Waals surface area contributed by atoms with Crippen LogP contribution in [0.3, 0.4) is 0 Å². The number of aryl methyl sites for hydroxylation is 2. The predicted molar refractivity (Wildman–Crippen MR) is 100 cm³/mol. The highest BCUT2D eigenvalue weighted by Gasteiger charge is 2.37. The van der Waals surface area contributed by atoms with Crippen molar-refractivity contribution >= 4 is 11.3 Å². The van der Waals surface area contributed by atoms with Crippen LogP contribution in [-0.4, -0.2) is 36.2 Å². The summed E-state index contributed by atoms with van der Waals surface area (Å²) in [4.78, 5) is 8.49. The molecule has 0 bridgehead atoms. The zero-order valence-electron chi connectivity index (χ0n) is 14.8. The lowest BCUT2D eigenvalue weighted by Gasteiger charge is -2.29. The van der Waals surface area contributed by atoms with Gasteiger partial charge in [-0.15, -0.1) is 11.3 Å². The number of likely N-dealkylation sites (tertiary alicyclic amines) is 1. The molecule has 130 valence electrons. The molecule has 0 unspecified atom stereocenters. The fourth-order valence-corrected chi connectivity index (χ4v) is 4.28. The van der Waals surface area contributed by atoms with Gasteiger partial charge in [-0.05, 0) is 62.7 Å². The van der Waals surface area contributed by atoms with Crippen LogP contribution >= 0.6 is 11.3 Å². The minimum Gasteiger partial charge on any atom is -0.381 e. The van der Waals surface area contributed by atoms with Crippen LogP contribution in [0, 0.1) is 12.3 Å². The van der Waals surface area contributed by atoms with Crippen LogP contribution < -0.4 is 0 Å². The van der Waals surface area contributed by atoms with Crippen LogP contribution in [0.25, 0.3) is 0 Å². The molecule has 1 saturated heterocycles. The summed E-state index contributed by atoms with van der Waals surface area (Å²) in [5, 5.41) is 2.18. The minimum atomic E-state index is 0.304. The molecule has 0 radical (unpaired) electrons. The average Bonchev–Trinajstić information content (AvgIpc) is 3.24. The number of nitrogens with zero attached hydrogens (tertiary/aromatic N) is 2. The molecule has 0 saturated carbocycles. The largest absolute Gasteiger partial charge is 0.381 e. The number of ether oxygens (including phenoxy) is 1. The second kappa shape index (κ2) is 8.24. The Hall–Kier alpha value is -1.23. The van der Waals surface area contributed by atoms with Crippen LogP contribution in [0.1, 0.15) is 35.9 Å². The zero-order valence-corrected chi connectivity index (χ0v) is 15.6. The van der Waals surface area contributed by atoms with Crippen molar-refractivity contribution < 1.29 is 4.74 Å². The molecule has 4 heteroatoms. The van der Waals surface area contributed by atoms with Crippen molar-refractivity contribution in [2.24, 2.45) is 5.41 Å². The predicted octanol–water partition coefficient (Wildman–Crippen LogP) is 4.31. The van der Waals surface area contributed by atoms with Crippen LogP contribution in [0.2, 0.25) is 0 Å². The first-order valence-corrected chi connectivity index (χ1v) is 9.81. The van der Waals surface area contributed by atoms with Crippen molar-refractivity contribution in [3.8, 4) is 0 Å². The Balaban J connectivity index is 1.60. The normalized spacial score (nSPS) is 21.4. The molecule has 0 aromatic carbocycles. The van der Waals surface area contributed by atoms with E-state index in [1.165, 1.54) is 29.7 Å². The van der Waals surface area contributed by atoms with E-state index in [2.05, 4.69) is 46.5 Å². The molecule has 24 heavy (non-hydrogen) atoms. The summed E-state index contributed by atoms with van der Waals surface area (Å²) in [5.74, 6) is 0. The van der Waals surface area contributed by atoms with Gasteiger partial charge >= 0.3 is 0 Å². The highest BCUT2D eigenvalue weighted by molar-refractivity contribution is 7.09. The Morgan fingerprint density at radius 1 is 1.33 bits per heavy atom. The summed E-state index contributed by atoms with van der Waals surface area (Å²) >= 11 is 1.87. The molecule has 0 aliphatic carbocycles. The molecule has 3 rings (SSSR count). The molecule has 1 atom stereocenters. The first-order valence-electron chi connectivity index (χ1n) is 8.93. The number of hydrogen-bond acceptors (Lipinski definition) is 4. The van der Waals surface area contributed by atoms with Gasteiger partial charge in [-0.3, -0.25) is 9.88 Å². The van der Waals surface area contributed by atoms with E-state index in [0.29, 0.717) is 5.41 Å². The first kappa shape index (κ1) is 17.6. The van der Waals surface area contributed by atoms with E-state index in [9.17, 15) is 0 Å². The molecule has 2 aromatic rings. The highest BCUT2D eigenvalue weighted by atomic mass is 32.1. The molecule has 0 amide bonds. The maximum Gasteiger partial charge on any atom is 0.0535 e. The molecular weight excluding hydrogens is 316 g/mol. The van der Waals surface area contributed by atoms with Gasteiger partial charge in [-0.2, -0.15) is 0 Å². The SMILES string of the molecule is CCOC[C@@]1(CCc2cccs2)CCN(Cc2ccc(C)nc2)C1. The number of pyridine rings is 1. The van der Waals surface area contributed by atoms with E-state index in [0.717, 1.165) is 38.5 Å². The van der Waals surface area contributed by atoms with Crippen LogP contribution in [-0.2, 0) is 17.7 Å². The van der Waals surface area contributed by atoms with Crippen molar-refractivity contribution in [1.29, 1.82) is 0 Å². The second-order valence-corrected chi connectivity index (χ2v) is 8.02. The Kier molecular flexibility index (Phi) is 6.04. The van der Waals surface area contributed by atoms with Gasteiger partial charge < -0.3 is 4.74 Å². The molecule has 3 heterocycles. The number of aromatic nitrogens is 1. The van der Waals surface area contributed by atoms with E-state index in [1.807, 2.05) is 24.5 Å². The van der Waals surface area contributed by atoms with Gasteiger partial charge in [-0.1, -0.05) is 12.1 Å². The lowest BCUT2D eigenvalue weighted by molar-refractivity contribution is 0.0490. The van der Waals surface area contributed by atoms with E-state index < -0.39 is 0 Å². The van der Waals surface area contributed by atoms with E-state index in [-0.39, 0.29) is 0 Å². The molecular formula is C20H28N2OS. The summed E-state index contributed by atoms with van der Waals surface area (Å²) < 4.78 is 5.87. The van der Waals surface area contributed by atoms with Crippen LogP contribution in [0.5, 0.6) is 0 Å². The Morgan fingerprint density at radius 2 is 2.25 bits per heavy atom. The van der Waals surface area contributed by atoms with Crippen molar-refractivity contribution in [3.05, 3.63) is 52.0 Å². The number of thiophene rings is 1. The monoisotopic (exact) mass is 344 g/mol. The van der Waals surface area contributed by atoms with E-state index in [1.54, 1.807) is 0 Å². The van der Waals surface area contributed by atoms with Crippen molar-refractivity contribution in [2.75, 3.05) is 26.3 Å². The standard InChI is InChI=1S/C20H28N2OS/c1-3-23-16-20(9-8-19-5-4-12-24-19)10-11-22(15-20)14-18-7-6-17(2)21-13-18/h4-7,12-13H,3,8-11,14-16H2,1-2H3/t20-/m0/s1. The van der Waals surface area contributed by atoms with Crippen LogP contribution in [0.4, 0.5) is 0 Å². The second-order valence-electron chi connectivity index (χ2n) is 6.98. The molecule has 3 nitrogen and oxygen atoms in total. The maximum absolute atomic E-state index is 5.87. The summed E-state index contributed by atoms with van der Waals surface area (Å²) in [6, 6.07) is 8.72. The lowest BCUT2D eigenvalue weighted by Crippen LogP contribution is -2.32. The van der Waals surface area contributed by atoms with Gasteiger partial charge in [-0.25, -0.2) is 0 Å². The molecule has 1 fully saturated rings. The average molecular weight is 345 g/mol. The quantitative estimate of drug-likeness (QED) is 0.713. The fraction of sp³-hybridized carbons (Fsp3) is 0.550. The number of hydrogen-bond donors (Lipinski definition) is 0. The third-order valence-corrected chi connectivity index (χ3v) is 5.93. The van der Waals surface area contributed by atoms with Crippen LogP contribution in [0.15, 0.2) is 35.8 Å². The van der Waals surface area contributed by atoms with Crippen molar-refractivity contribution in [3.63, 3.8) is 0 Å². The first-order chi connectivity index (χ1) is 11.7. The van der Waals surface area contributed by atoms with Gasteiger partial charge in [0.15, 0.2) is 0 Å². The van der Waals surface area contributed by atoms with Crippen molar-refractivity contribution in [1.82, 2.24) is 9.88 Å². The zero-order chi connectivity index (χ0) is 16.8. The van der Waals surface area contributed by atoms with Gasteiger partial charge in [0, 0.05) is 41.9 Å². The summed E-state index contributed by atoms with van der Waals surface area (Å²) in [6.07, 6.45) is 5.64. The fourth-order valence-electron chi connectivity index (χ4n) is 3.57. The van der Waals surface area contributed by atoms with E-state index in [4.69, 9.17) is 4.74 Å².